The normalized spacial score (nSPS) is 13.3. The van der Waals surface area contributed by atoms with Gasteiger partial charge in [0.25, 0.3) is 0 Å². The molecule has 1 aromatic carbocycles. The molecule has 0 radical (unpaired) electrons. The molecule has 1 rings (SSSR count). The predicted molar refractivity (Wildman–Crippen MR) is 78.2 cm³/mol. The Kier molecular flexibility index (Phi) is 8.00. The Hall–Kier alpha value is -0.770. The van der Waals surface area contributed by atoms with E-state index in [9.17, 15) is 4.79 Å². The first kappa shape index (κ1) is 17.2. The standard InChI is InChI=1S/C13H19ClN2O.ClH/c1-9(10(2)15)13(17)16-7-6-11-4-3-5-12(14)8-11;/h3-5,8-10H,6-7,15H2,1-2H3,(H,16,17);1H. The number of carbonyl (C=O) groups excluding carboxylic acids is 1. The summed E-state index contributed by atoms with van der Waals surface area (Å²) in [4.78, 5) is 11.6. The smallest absolute Gasteiger partial charge is 0.224 e. The molecule has 3 N–H and O–H groups in total. The Bertz CT molecular complexity index is 383. The van der Waals surface area contributed by atoms with E-state index in [2.05, 4.69) is 5.32 Å². The van der Waals surface area contributed by atoms with Crippen molar-refractivity contribution in [2.75, 3.05) is 6.54 Å². The van der Waals surface area contributed by atoms with E-state index in [1.807, 2.05) is 38.1 Å². The minimum Gasteiger partial charge on any atom is -0.355 e. The maximum absolute atomic E-state index is 11.6. The van der Waals surface area contributed by atoms with Crippen LogP contribution in [0.15, 0.2) is 24.3 Å². The van der Waals surface area contributed by atoms with Gasteiger partial charge in [-0.1, -0.05) is 30.7 Å². The fourth-order valence-corrected chi connectivity index (χ4v) is 1.64. The summed E-state index contributed by atoms with van der Waals surface area (Å²) in [6.45, 7) is 4.27. The molecule has 0 bridgehead atoms. The zero-order chi connectivity index (χ0) is 12.8. The zero-order valence-electron chi connectivity index (χ0n) is 10.7. The minimum atomic E-state index is -0.158. The van der Waals surface area contributed by atoms with Crippen molar-refractivity contribution in [1.82, 2.24) is 5.32 Å². The van der Waals surface area contributed by atoms with Crippen molar-refractivity contribution in [2.24, 2.45) is 11.7 Å². The van der Waals surface area contributed by atoms with Gasteiger partial charge in [0.05, 0.1) is 0 Å². The van der Waals surface area contributed by atoms with Crippen molar-refractivity contribution in [2.45, 2.75) is 26.3 Å². The molecule has 2 atom stereocenters. The van der Waals surface area contributed by atoms with E-state index in [0.717, 1.165) is 17.0 Å². The van der Waals surface area contributed by atoms with Crippen LogP contribution in [-0.4, -0.2) is 18.5 Å². The highest BCUT2D eigenvalue weighted by molar-refractivity contribution is 6.30. The second-order valence-corrected chi connectivity index (χ2v) is 4.76. The molecule has 0 aliphatic rings. The van der Waals surface area contributed by atoms with Crippen LogP contribution in [0.4, 0.5) is 0 Å². The molecule has 0 aliphatic carbocycles. The molecule has 3 nitrogen and oxygen atoms in total. The third-order valence-corrected chi connectivity index (χ3v) is 3.04. The number of nitrogens with one attached hydrogen (secondary N) is 1. The van der Waals surface area contributed by atoms with Crippen LogP contribution in [0.5, 0.6) is 0 Å². The summed E-state index contributed by atoms with van der Waals surface area (Å²) >= 11 is 5.87. The number of hydrogen-bond donors (Lipinski definition) is 2. The summed E-state index contributed by atoms with van der Waals surface area (Å²) in [6, 6.07) is 7.52. The lowest BCUT2D eigenvalue weighted by molar-refractivity contribution is -0.124. The van der Waals surface area contributed by atoms with Gasteiger partial charge < -0.3 is 11.1 Å². The molecule has 2 unspecified atom stereocenters. The summed E-state index contributed by atoms with van der Waals surface area (Å²) in [5, 5.41) is 3.59. The average molecular weight is 291 g/mol. The molecular formula is C13H20Cl2N2O. The van der Waals surface area contributed by atoms with E-state index < -0.39 is 0 Å². The maximum atomic E-state index is 11.6. The van der Waals surface area contributed by atoms with Crippen molar-refractivity contribution in [1.29, 1.82) is 0 Å². The van der Waals surface area contributed by atoms with Gasteiger partial charge in [0.15, 0.2) is 0 Å². The van der Waals surface area contributed by atoms with Crippen molar-refractivity contribution in [3.8, 4) is 0 Å². The van der Waals surface area contributed by atoms with Gasteiger partial charge in [-0.2, -0.15) is 0 Å². The molecular weight excluding hydrogens is 271 g/mol. The first-order valence-electron chi connectivity index (χ1n) is 5.78. The van der Waals surface area contributed by atoms with Gasteiger partial charge >= 0.3 is 0 Å². The highest BCUT2D eigenvalue weighted by Crippen LogP contribution is 2.10. The number of nitrogens with two attached hydrogens (primary N) is 1. The third kappa shape index (κ3) is 5.71. The largest absolute Gasteiger partial charge is 0.355 e. The van der Waals surface area contributed by atoms with Crippen LogP contribution in [0.3, 0.4) is 0 Å². The van der Waals surface area contributed by atoms with E-state index in [-0.39, 0.29) is 30.3 Å². The SMILES string of the molecule is CC(N)C(C)C(=O)NCCc1cccc(Cl)c1.Cl. The zero-order valence-corrected chi connectivity index (χ0v) is 12.2. The quantitative estimate of drug-likeness (QED) is 0.875. The third-order valence-electron chi connectivity index (χ3n) is 2.80. The highest BCUT2D eigenvalue weighted by Gasteiger charge is 2.15. The fraction of sp³-hybridized carbons (Fsp3) is 0.462. The second-order valence-electron chi connectivity index (χ2n) is 4.32. The van der Waals surface area contributed by atoms with Gasteiger partial charge in [-0.25, -0.2) is 0 Å². The Labute approximate surface area is 119 Å². The number of carbonyl (C=O) groups is 1. The van der Waals surface area contributed by atoms with Crippen molar-refractivity contribution >= 4 is 29.9 Å². The van der Waals surface area contributed by atoms with Gasteiger partial charge in [0, 0.05) is 23.5 Å². The van der Waals surface area contributed by atoms with Crippen LogP contribution >= 0.6 is 24.0 Å². The van der Waals surface area contributed by atoms with Crippen molar-refractivity contribution in [3.05, 3.63) is 34.9 Å². The summed E-state index contributed by atoms with van der Waals surface area (Å²) in [6.07, 6.45) is 0.776. The maximum Gasteiger partial charge on any atom is 0.224 e. The molecule has 0 fully saturated rings. The predicted octanol–water partition coefficient (Wildman–Crippen LogP) is 2.40. The Morgan fingerprint density at radius 1 is 1.44 bits per heavy atom. The van der Waals surface area contributed by atoms with E-state index >= 15 is 0 Å². The van der Waals surface area contributed by atoms with Gasteiger partial charge in [-0.3, -0.25) is 4.79 Å². The molecule has 0 spiro atoms. The van der Waals surface area contributed by atoms with E-state index in [1.165, 1.54) is 0 Å². The van der Waals surface area contributed by atoms with Crippen LogP contribution in [0, 0.1) is 5.92 Å². The summed E-state index contributed by atoms with van der Waals surface area (Å²) in [7, 11) is 0. The average Bonchev–Trinajstić information content (AvgIpc) is 2.27. The number of rotatable bonds is 5. The fourth-order valence-electron chi connectivity index (χ4n) is 1.42. The van der Waals surface area contributed by atoms with E-state index in [1.54, 1.807) is 0 Å². The highest BCUT2D eigenvalue weighted by atomic mass is 35.5. The minimum absolute atomic E-state index is 0. The second kappa shape index (κ2) is 8.35. The van der Waals surface area contributed by atoms with Crippen molar-refractivity contribution in [3.63, 3.8) is 0 Å². The molecule has 5 heteroatoms. The van der Waals surface area contributed by atoms with E-state index in [0.29, 0.717) is 6.54 Å². The van der Waals surface area contributed by atoms with Crippen LogP contribution in [-0.2, 0) is 11.2 Å². The number of halogens is 2. The molecule has 1 amide bonds. The lowest BCUT2D eigenvalue weighted by Gasteiger charge is -2.15. The summed E-state index contributed by atoms with van der Waals surface area (Å²) in [5.74, 6) is -0.156. The Balaban J connectivity index is 0.00000289. The van der Waals surface area contributed by atoms with Gasteiger partial charge in [-0.15, -0.1) is 12.4 Å². The Morgan fingerprint density at radius 2 is 2.11 bits per heavy atom. The molecule has 0 saturated carbocycles. The van der Waals surface area contributed by atoms with Gasteiger partial charge in [0.2, 0.25) is 5.91 Å². The molecule has 0 saturated heterocycles. The first-order valence-corrected chi connectivity index (χ1v) is 6.16. The molecule has 0 aliphatic heterocycles. The van der Waals surface area contributed by atoms with Crippen LogP contribution < -0.4 is 11.1 Å². The van der Waals surface area contributed by atoms with Crippen LogP contribution in [0.2, 0.25) is 5.02 Å². The monoisotopic (exact) mass is 290 g/mol. The van der Waals surface area contributed by atoms with Gasteiger partial charge in [-0.05, 0) is 31.0 Å². The molecule has 1 aromatic rings. The topological polar surface area (TPSA) is 55.1 Å². The van der Waals surface area contributed by atoms with Crippen LogP contribution in [0.1, 0.15) is 19.4 Å². The lowest BCUT2D eigenvalue weighted by atomic mass is 10.0. The Morgan fingerprint density at radius 3 is 2.67 bits per heavy atom. The first-order chi connectivity index (χ1) is 8.00. The molecule has 18 heavy (non-hydrogen) atoms. The van der Waals surface area contributed by atoms with Gasteiger partial charge in [0.1, 0.15) is 0 Å². The molecule has 0 heterocycles. The van der Waals surface area contributed by atoms with Crippen LogP contribution in [0.25, 0.3) is 0 Å². The number of amides is 1. The van der Waals surface area contributed by atoms with E-state index in [4.69, 9.17) is 17.3 Å². The molecule has 0 aromatic heterocycles. The summed E-state index contributed by atoms with van der Waals surface area (Å²) in [5.41, 5.74) is 6.78. The number of hydrogen-bond acceptors (Lipinski definition) is 2. The summed E-state index contributed by atoms with van der Waals surface area (Å²) < 4.78 is 0. The number of benzene rings is 1. The lowest BCUT2D eigenvalue weighted by Crippen LogP contribution is -2.39. The molecule has 102 valence electrons. The van der Waals surface area contributed by atoms with Crippen molar-refractivity contribution < 1.29 is 4.79 Å².